The number of hydrogen-bond donors (Lipinski definition) is 1. The highest BCUT2D eigenvalue weighted by Gasteiger charge is 2.04. The maximum absolute atomic E-state index is 6.15. The van der Waals surface area contributed by atoms with Crippen molar-refractivity contribution in [1.82, 2.24) is 9.97 Å². The molecule has 0 saturated heterocycles. The van der Waals surface area contributed by atoms with Crippen LogP contribution in [0.15, 0.2) is 24.3 Å². The molecule has 0 bridgehead atoms. The maximum Gasteiger partial charge on any atom is 0.218 e. The van der Waals surface area contributed by atoms with Gasteiger partial charge < -0.3 is 10.1 Å². The predicted molar refractivity (Wildman–Crippen MR) is 86.6 cm³/mol. The van der Waals surface area contributed by atoms with Crippen LogP contribution in [-0.2, 0) is 6.42 Å². The van der Waals surface area contributed by atoms with E-state index in [1.165, 1.54) is 0 Å². The van der Waals surface area contributed by atoms with Crippen molar-refractivity contribution < 1.29 is 4.74 Å². The van der Waals surface area contributed by atoms with Gasteiger partial charge in [-0.05, 0) is 38.0 Å². The molecule has 21 heavy (non-hydrogen) atoms. The van der Waals surface area contributed by atoms with Gasteiger partial charge in [-0.15, -0.1) is 0 Å². The van der Waals surface area contributed by atoms with Crippen LogP contribution in [-0.4, -0.2) is 23.1 Å². The summed E-state index contributed by atoms with van der Waals surface area (Å²) in [6.45, 7) is 5.05. The highest BCUT2D eigenvalue weighted by molar-refractivity contribution is 6.35. The Morgan fingerprint density at radius 1 is 1.19 bits per heavy atom. The lowest BCUT2D eigenvalue weighted by atomic mass is 10.1. The zero-order valence-corrected chi connectivity index (χ0v) is 13.5. The lowest BCUT2D eigenvalue weighted by Crippen LogP contribution is -2.08. The Hall–Kier alpha value is -1.52. The van der Waals surface area contributed by atoms with Crippen LogP contribution in [0.5, 0.6) is 5.88 Å². The molecule has 0 spiro atoms. The average molecular weight is 326 g/mol. The lowest BCUT2D eigenvalue weighted by molar-refractivity contribution is 0.325. The largest absolute Gasteiger partial charge is 0.478 e. The minimum Gasteiger partial charge on any atom is -0.478 e. The average Bonchev–Trinajstić information content (AvgIpc) is 2.41. The summed E-state index contributed by atoms with van der Waals surface area (Å²) in [5.74, 6) is 2.00. The van der Waals surface area contributed by atoms with Crippen LogP contribution in [0.4, 0.5) is 5.82 Å². The fourth-order valence-corrected chi connectivity index (χ4v) is 2.41. The number of rotatable bonds is 6. The van der Waals surface area contributed by atoms with Gasteiger partial charge >= 0.3 is 0 Å². The van der Waals surface area contributed by atoms with Gasteiger partial charge in [0.15, 0.2) is 0 Å². The molecule has 2 aromatic rings. The van der Waals surface area contributed by atoms with E-state index >= 15 is 0 Å². The summed E-state index contributed by atoms with van der Waals surface area (Å²) in [5.41, 5.74) is 1.05. The number of nitrogens with zero attached hydrogens (tertiary/aromatic N) is 2. The number of halogens is 2. The third kappa shape index (κ3) is 4.76. The van der Waals surface area contributed by atoms with E-state index in [0.29, 0.717) is 34.9 Å². The molecular weight excluding hydrogens is 309 g/mol. The standard InChI is InChI=1S/C15H17Cl2N3O/c1-3-21-15-9-14(19-10(2)20-15)18-7-6-11-4-5-12(16)8-13(11)17/h4-5,8-9H,3,6-7H2,1-2H3,(H,18,19,20). The number of aromatic nitrogens is 2. The van der Waals surface area contributed by atoms with Crippen LogP contribution in [0.3, 0.4) is 0 Å². The van der Waals surface area contributed by atoms with Gasteiger partial charge in [0.1, 0.15) is 11.6 Å². The molecule has 0 fully saturated rings. The number of anilines is 1. The quantitative estimate of drug-likeness (QED) is 0.866. The third-order valence-corrected chi connectivity index (χ3v) is 3.41. The van der Waals surface area contributed by atoms with E-state index < -0.39 is 0 Å². The van der Waals surface area contributed by atoms with E-state index in [9.17, 15) is 0 Å². The van der Waals surface area contributed by atoms with E-state index in [4.69, 9.17) is 27.9 Å². The lowest BCUT2D eigenvalue weighted by Gasteiger charge is -2.09. The van der Waals surface area contributed by atoms with Crippen LogP contribution >= 0.6 is 23.2 Å². The molecule has 0 amide bonds. The van der Waals surface area contributed by atoms with E-state index in [2.05, 4.69) is 15.3 Å². The van der Waals surface area contributed by atoms with Crippen LogP contribution in [0, 0.1) is 6.92 Å². The van der Waals surface area contributed by atoms with Crippen LogP contribution in [0.1, 0.15) is 18.3 Å². The number of aryl methyl sites for hydroxylation is 1. The second-order valence-corrected chi connectivity index (χ2v) is 5.33. The zero-order chi connectivity index (χ0) is 15.2. The number of nitrogens with one attached hydrogen (secondary N) is 1. The summed E-state index contributed by atoms with van der Waals surface area (Å²) in [4.78, 5) is 8.53. The molecule has 4 nitrogen and oxygen atoms in total. The smallest absolute Gasteiger partial charge is 0.218 e. The monoisotopic (exact) mass is 325 g/mol. The summed E-state index contributed by atoms with van der Waals surface area (Å²) < 4.78 is 5.40. The molecule has 0 saturated carbocycles. The van der Waals surface area contributed by atoms with Gasteiger partial charge in [0, 0.05) is 22.7 Å². The fourth-order valence-electron chi connectivity index (χ4n) is 1.90. The molecule has 1 aromatic carbocycles. The minimum atomic E-state index is 0.580. The fraction of sp³-hybridized carbons (Fsp3) is 0.333. The first-order valence-corrected chi connectivity index (χ1v) is 7.50. The van der Waals surface area contributed by atoms with Gasteiger partial charge in [-0.25, -0.2) is 4.98 Å². The van der Waals surface area contributed by atoms with Crippen LogP contribution < -0.4 is 10.1 Å². The van der Waals surface area contributed by atoms with Gasteiger partial charge in [0.25, 0.3) is 0 Å². The van der Waals surface area contributed by atoms with Crippen molar-refractivity contribution in [3.63, 3.8) is 0 Å². The molecule has 1 aromatic heterocycles. The van der Waals surface area contributed by atoms with Crippen molar-refractivity contribution in [1.29, 1.82) is 0 Å². The molecule has 1 N–H and O–H groups in total. The van der Waals surface area contributed by atoms with Crippen molar-refractivity contribution in [3.8, 4) is 5.88 Å². The predicted octanol–water partition coefficient (Wildman–Crippen LogP) is 4.15. The Kier molecular flexibility index (Phi) is 5.65. The first-order valence-electron chi connectivity index (χ1n) is 6.74. The van der Waals surface area contributed by atoms with Crippen molar-refractivity contribution in [2.24, 2.45) is 0 Å². The number of benzene rings is 1. The Balaban J connectivity index is 1.96. The molecule has 0 radical (unpaired) electrons. The minimum absolute atomic E-state index is 0.580. The Morgan fingerprint density at radius 3 is 2.71 bits per heavy atom. The number of ether oxygens (including phenoxy) is 1. The summed E-state index contributed by atoms with van der Waals surface area (Å²) in [6.07, 6.45) is 0.781. The van der Waals surface area contributed by atoms with Gasteiger partial charge in [0.05, 0.1) is 6.61 Å². The Bertz CT molecular complexity index is 620. The molecule has 0 unspecified atom stereocenters. The Labute approximate surface area is 134 Å². The van der Waals surface area contributed by atoms with E-state index in [-0.39, 0.29) is 0 Å². The second kappa shape index (κ2) is 7.48. The van der Waals surface area contributed by atoms with E-state index in [1.54, 1.807) is 12.1 Å². The molecule has 0 aliphatic carbocycles. The molecule has 0 aliphatic heterocycles. The summed E-state index contributed by atoms with van der Waals surface area (Å²) in [6, 6.07) is 7.31. The van der Waals surface area contributed by atoms with Gasteiger partial charge in [-0.1, -0.05) is 29.3 Å². The maximum atomic E-state index is 6.15. The van der Waals surface area contributed by atoms with Crippen molar-refractivity contribution in [3.05, 3.63) is 45.7 Å². The van der Waals surface area contributed by atoms with Gasteiger partial charge in [-0.2, -0.15) is 4.98 Å². The summed E-state index contributed by atoms with van der Waals surface area (Å²) in [7, 11) is 0. The topological polar surface area (TPSA) is 47.0 Å². The van der Waals surface area contributed by atoms with Crippen LogP contribution in [0.2, 0.25) is 10.0 Å². The van der Waals surface area contributed by atoms with Crippen LogP contribution in [0.25, 0.3) is 0 Å². The number of hydrogen-bond acceptors (Lipinski definition) is 4. The zero-order valence-electron chi connectivity index (χ0n) is 12.0. The normalized spacial score (nSPS) is 10.5. The SMILES string of the molecule is CCOc1cc(NCCc2ccc(Cl)cc2Cl)nc(C)n1. The van der Waals surface area contributed by atoms with Crippen molar-refractivity contribution in [2.75, 3.05) is 18.5 Å². The second-order valence-electron chi connectivity index (χ2n) is 4.48. The molecule has 6 heteroatoms. The third-order valence-electron chi connectivity index (χ3n) is 2.82. The summed E-state index contributed by atoms with van der Waals surface area (Å²) in [5, 5.41) is 4.57. The van der Waals surface area contributed by atoms with E-state index in [0.717, 1.165) is 17.8 Å². The highest BCUT2D eigenvalue weighted by atomic mass is 35.5. The molecular formula is C15H17Cl2N3O. The van der Waals surface area contributed by atoms with E-state index in [1.807, 2.05) is 26.0 Å². The molecule has 112 valence electrons. The van der Waals surface area contributed by atoms with Gasteiger partial charge in [0.2, 0.25) is 5.88 Å². The first kappa shape index (κ1) is 15.9. The highest BCUT2D eigenvalue weighted by Crippen LogP contribution is 2.21. The molecule has 1 heterocycles. The molecule has 0 atom stereocenters. The Morgan fingerprint density at radius 2 is 2.00 bits per heavy atom. The van der Waals surface area contributed by atoms with Crippen molar-refractivity contribution >= 4 is 29.0 Å². The van der Waals surface area contributed by atoms with Crippen molar-refractivity contribution in [2.45, 2.75) is 20.3 Å². The summed E-state index contributed by atoms with van der Waals surface area (Å²) >= 11 is 12.0. The molecule has 2 rings (SSSR count). The molecule has 0 aliphatic rings. The first-order chi connectivity index (χ1) is 10.1. The van der Waals surface area contributed by atoms with Gasteiger partial charge in [-0.3, -0.25) is 0 Å².